The van der Waals surface area contributed by atoms with Crippen molar-refractivity contribution < 1.29 is 4.21 Å². The molecule has 6 heteroatoms. The lowest BCUT2D eigenvalue weighted by molar-refractivity contribution is 0.678. The molecule has 17 heavy (non-hydrogen) atoms. The van der Waals surface area contributed by atoms with Crippen molar-refractivity contribution in [3.8, 4) is 0 Å². The normalized spacial score (nSPS) is 14.7. The second kappa shape index (κ2) is 5.55. The van der Waals surface area contributed by atoms with Gasteiger partial charge in [0.05, 0.1) is 0 Å². The predicted molar refractivity (Wildman–Crippen MR) is 74.1 cm³/mol. The van der Waals surface area contributed by atoms with Crippen molar-refractivity contribution in [2.45, 2.75) is 19.4 Å². The third-order valence-corrected chi connectivity index (χ3v) is 4.05. The van der Waals surface area contributed by atoms with Crippen LogP contribution in [0, 0.1) is 0 Å². The molecule has 0 bridgehead atoms. The maximum absolute atomic E-state index is 11.0. The minimum absolute atomic E-state index is 0.233. The fourth-order valence-electron chi connectivity index (χ4n) is 1.46. The summed E-state index contributed by atoms with van der Waals surface area (Å²) in [5, 5.41) is 6.31. The number of rotatable bonds is 5. The number of hydrogen-bond donors (Lipinski definition) is 1. The molecule has 92 valence electrons. The summed E-state index contributed by atoms with van der Waals surface area (Å²) in [6, 6.07) is 2.24. The molecule has 0 aliphatic heterocycles. The van der Waals surface area contributed by atoms with Gasteiger partial charge in [-0.3, -0.25) is 4.21 Å². The Morgan fingerprint density at radius 1 is 1.59 bits per heavy atom. The molecule has 2 atom stereocenters. The Hall–Kier alpha value is -1.01. The average molecular weight is 269 g/mol. The second-order valence-corrected chi connectivity index (χ2v) is 6.44. The van der Waals surface area contributed by atoms with Gasteiger partial charge in [-0.25, -0.2) is 9.97 Å². The monoisotopic (exact) mass is 269 g/mol. The van der Waals surface area contributed by atoms with Crippen molar-refractivity contribution >= 4 is 38.3 Å². The molecule has 0 aromatic carbocycles. The molecular formula is C11H15N3OS2. The molecule has 4 nitrogen and oxygen atoms in total. The lowest BCUT2D eigenvalue weighted by atomic mass is 10.3. The van der Waals surface area contributed by atoms with E-state index in [0.717, 1.165) is 16.6 Å². The van der Waals surface area contributed by atoms with E-state index < -0.39 is 10.8 Å². The average Bonchev–Trinajstić information content (AvgIpc) is 2.73. The molecule has 0 amide bonds. The van der Waals surface area contributed by atoms with Gasteiger partial charge in [-0.15, -0.1) is 11.3 Å². The third kappa shape index (κ3) is 3.47. The summed E-state index contributed by atoms with van der Waals surface area (Å²) in [4.78, 5) is 9.67. The van der Waals surface area contributed by atoms with Gasteiger partial charge in [0.25, 0.3) is 0 Å². The fourth-order valence-corrected chi connectivity index (χ4v) is 2.89. The Kier molecular flexibility index (Phi) is 4.06. The zero-order valence-electron chi connectivity index (χ0n) is 9.84. The van der Waals surface area contributed by atoms with Crippen LogP contribution < -0.4 is 5.32 Å². The highest BCUT2D eigenvalue weighted by Crippen LogP contribution is 2.18. The Balaban J connectivity index is 1.99. The van der Waals surface area contributed by atoms with Crippen molar-refractivity contribution in [2.75, 3.05) is 17.3 Å². The fraction of sp³-hybridized carbons (Fsp3) is 0.455. The number of nitrogens with zero attached hydrogens (tertiary/aromatic N) is 2. The molecule has 2 aromatic rings. The largest absolute Gasteiger partial charge is 0.352 e. The molecule has 0 spiro atoms. The van der Waals surface area contributed by atoms with E-state index in [1.165, 1.54) is 0 Å². The Morgan fingerprint density at radius 2 is 2.41 bits per heavy atom. The zero-order valence-corrected chi connectivity index (χ0v) is 11.5. The van der Waals surface area contributed by atoms with Crippen LogP contribution in [0.1, 0.15) is 13.3 Å². The first kappa shape index (κ1) is 12.4. The van der Waals surface area contributed by atoms with Gasteiger partial charge < -0.3 is 5.32 Å². The van der Waals surface area contributed by atoms with Crippen LogP contribution in [-0.4, -0.2) is 32.2 Å². The third-order valence-electron chi connectivity index (χ3n) is 2.42. The van der Waals surface area contributed by atoms with Crippen LogP contribution in [0.15, 0.2) is 17.6 Å². The molecule has 0 aliphatic rings. The van der Waals surface area contributed by atoms with E-state index in [1.54, 1.807) is 17.6 Å². The molecule has 0 radical (unpaired) electrons. The van der Waals surface area contributed by atoms with Crippen molar-refractivity contribution in [1.29, 1.82) is 0 Å². The van der Waals surface area contributed by atoms with Gasteiger partial charge in [-0.05, 0) is 24.8 Å². The SMILES string of the molecule is CC(CCS(C)=O)Nc1ncc2ccsc2n1. The van der Waals surface area contributed by atoms with Crippen LogP contribution in [0.5, 0.6) is 0 Å². The lowest BCUT2D eigenvalue weighted by Gasteiger charge is -2.12. The van der Waals surface area contributed by atoms with Crippen molar-refractivity contribution in [2.24, 2.45) is 0 Å². The molecule has 0 aliphatic carbocycles. The number of aromatic nitrogens is 2. The minimum Gasteiger partial charge on any atom is -0.352 e. The van der Waals surface area contributed by atoms with Crippen molar-refractivity contribution in [1.82, 2.24) is 9.97 Å². The first-order chi connectivity index (χ1) is 8.15. The number of thiophene rings is 1. The van der Waals surface area contributed by atoms with Crippen LogP contribution in [0.2, 0.25) is 0 Å². The maximum Gasteiger partial charge on any atom is 0.224 e. The Morgan fingerprint density at radius 3 is 3.18 bits per heavy atom. The number of nitrogens with one attached hydrogen (secondary N) is 1. The van der Waals surface area contributed by atoms with E-state index in [4.69, 9.17) is 0 Å². The smallest absolute Gasteiger partial charge is 0.224 e. The molecule has 2 heterocycles. The summed E-state index contributed by atoms with van der Waals surface area (Å²) >= 11 is 1.61. The van der Waals surface area contributed by atoms with Gasteiger partial charge in [0.1, 0.15) is 4.83 Å². The number of fused-ring (bicyclic) bond motifs is 1. The van der Waals surface area contributed by atoms with Gasteiger partial charge in [0, 0.05) is 40.4 Å². The Labute approximate surface area is 107 Å². The van der Waals surface area contributed by atoms with Gasteiger partial charge in [-0.1, -0.05) is 0 Å². The first-order valence-electron chi connectivity index (χ1n) is 5.42. The molecule has 2 unspecified atom stereocenters. The summed E-state index contributed by atoms with van der Waals surface area (Å²) in [6.45, 7) is 2.05. The first-order valence-corrected chi connectivity index (χ1v) is 8.02. The zero-order chi connectivity index (χ0) is 12.3. The van der Waals surface area contributed by atoms with Crippen LogP contribution in [0.3, 0.4) is 0 Å². The van der Waals surface area contributed by atoms with Gasteiger partial charge in [0.15, 0.2) is 0 Å². The predicted octanol–water partition coefficient (Wildman–Crippen LogP) is 2.26. The van der Waals surface area contributed by atoms with Crippen LogP contribution in [0.4, 0.5) is 5.95 Å². The Bertz CT molecular complexity index is 526. The minimum atomic E-state index is -0.739. The molecule has 2 rings (SSSR count). The van der Waals surface area contributed by atoms with E-state index in [0.29, 0.717) is 11.7 Å². The van der Waals surface area contributed by atoms with E-state index in [-0.39, 0.29) is 6.04 Å². The molecule has 2 aromatic heterocycles. The standard InChI is InChI=1S/C11H15N3OS2/c1-8(4-6-17(2)15)13-11-12-7-9-3-5-16-10(9)14-11/h3,5,7-8H,4,6H2,1-2H3,(H,12,13,14). The van der Waals surface area contributed by atoms with E-state index in [2.05, 4.69) is 22.2 Å². The lowest BCUT2D eigenvalue weighted by Crippen LogP contribution is -2.19. The van der Waals surface area contributed by atoms with Crippen LogP contribution >= 0.6 is 11.3 Å². The molecule has 0 saturated heterocycles. The van der Waals surface area contributed by atoms with Gasteiger partial charge in [0.2, 0.25) is 5.95 Å². The van der Waals surface area contributed by atoms with E-state index in [9.17, 15) is 4.21 Å². The maximum atomic E-state index is 11.0. The molecule has 0 fully saturated rings. The van der Waals surface area contributed by atoms with Crippen molar-refractivity contribution in [3.05, 3.63) is 17.6 Å². The molecule has 0 saturated carbocycles. The van der Waals surface area contributed by atoms with Crippen LogP contribution in [-0.2, 0) is 10.8 Å². The summed E-state index contributed by atoms with van der Waals surface area (Å²) in [7, 11) is -0.739. The van der Waals surface area contributed by atoms with Crippen LogP contribution in [0.25, 0.3) is 10.2 Å². The van der Waals surface area contributed by atoms with E-state index >= 15 is 0 Å². The summed E-state index contributed by atoms with van der Waals surface area (Å²) in [5.41, 5.74) is 0. The summed E-state index contributed by atoms with van der Waals surface area (Å²) < 4.78 is 11.0. The molecular weight excluding hydrogens is 254 g/mol. The number of hydrogen-bond acceptors (Lipinski definition) is 5. The highest BCUT2D eigenvalue weighted by molar-refractivity contribution is 7.84. The summed E-state index contributed by atoms with van der Waals surface area (Å²) in [5.74, 6) is 1.35. The van der Waals surface area contributed by atoms with E-state index in [1.807, 2.05) is 17.6 Å². The molecule has 1 N–H and O–H groups in total. The topological polar surface area (TPSA) is 54.9 Å². The highest BCUT2D eigenvalue weighted by atomic mass is 32.2. The van der Waals surface area contributed by atoms with Crippen molar-refractivity contribution in [3.63, 3.8) is 0 Å². The van der Waals surface area contributed by atoms with Gasteiger partial charge in [-0.2, -0.15) is 0 Å². The highest BCUT2D eigenvalue weighted by Gasteiger charge is 2.06. The summed E-state index contributed by atoms with van der Waals surface area (Å²) in [6.07, 6.45) is 4.40. The quantitative estimate of drug-likeness (QED) is 0.904. The second-order valence-electron chi connectivity index (χ2n) is 3.99. The number of anilines is 1. The van der Waals surface area contributed by atoms with Gasteiger partial charge >= 0.3 is 0 Å².